The Labute approximate surface area is 171 Å². The van der Waals surface area contributed by atoms with Crippen LogP contribution < -0.4 is 10.1 Å². The number of ether oxygens (including phenoxy) is 1. The number of anilines is 1. The standard InChI is InChI=1S/C21H25N3O4S/c1-23-13-15-24(16-14-23)29(26,27)20-10-6-18(7-11-20)22-21(25)12-5-17-3-8-19(28-2)9-4-17/h3-12H,13-16H2,1-2H3,(H,22,25)/b12-5+. The Balaban J connectivity index is 1.60. The van der Waals surface area contributed by atoms with Crippen molar-refractivity contribution in [3.05, 3.63) is 60.2 Å². The van der Waals surface area contributed by atoms with Crippen LogP contribution in [0.15, 0.2) is 59.5 Å². The lowest BCUT2D eigenvalue weighted by molar-refractivity contribution is -0.111. The molecule has 1 saturated heterocycles. The lowest BCUT2D eigenvalue weighted by Crippen LogP contribution is -2.46. The zero-order valence-corrected chi connectivity index (χ0v) is 17.4. The van der Waals surface area contributed by atoms with E-state index in [0.717, 1.165) is 11.3 Å². The topological polar surface area (TPSA) is 78.9 Å². The van der Waals surface area contributed by atoms with E-state index < -0.39 is 10.0 Å². The van der Waals surface area contributed by atoms with Gasteiger partial charge in [0.15, 0.2) is 0 Å². The zero-order chi connectivity index (χ0) is 20.9. The summed E-state index contributed by atoms with van der Waals surface area (Å²) in [4.78, 5) is 14.4. The van der Waals surface area contributed by atoms with Gasteiger partial charge in [0.1, 0.15) is 5.75 Å². The van der Waals surface area contributed by atoms with Crippen LogP contribution in [-0.4, -0.2) is 63.9 Å². The number of benzene rings is 2. The Bertz CT molecular complexity index is 962. The van der Waals surface area contributed by atoms with Crippen LogP contribution in [0.3, 0.4) is 0 Å². The van der Waals surface area contributed by atoms with Crippen LogP contribution in [0.1, 0.15) is 5.56 Å². The Morgan fingerprint density at radius 3 is 2.21 bits per heavy atom. The number of amides is 1. The first kappa shape index (κ1) is 21.0. The molecule has 154 valence electrons. The molecule has 1 aliphatic rings. The summed E-state index contributed by atoms with van der Waals surface area (Å²) in [6.07, 6.45) is 3.12. The first-order chi connectivity index (χ1) is 13.9. The van der Waals surface area contributed by atoms with Gasteiger partial charge in [-0.2, -0.15) is 4.31 Å². The van der Waals surface area contributed by atoms with E-state index in [4.69, 9.17) is 4.74 Å². The summed E-state index contributed by atoms with van der Waals surface area (Å²) in [5.74, 6) is 0.453. The second-order valence-corrected chi connectivity index (χ2v) is 8.77. The minimum atomic E-state index is -3.51. The van der Waals surface area contributed by atoms with E-state index in [1.165, 1.54) is 22.5 Å². The number of rotatable bonds is 6. The molecule has 29 heavy (non-hydrogen) atoms. The van der Waals surface area contributed by atoms with E-state index in [0.29, 0.717) is 31.9 Å². The van der Waals surface area contributed by atoms with Crippen molar-refractivity contribution in [2.75, 3.05) is 45.7 Å². The van der Waals surface area contributed by atoms with Gasteiger partial charge in [-0.1, -0.05) is 12.1 Å². The quantitative estimate of drug-likeness (QED) is 0.733. The van der Waals surface area contributed by atoms with Gasteiger partial charge in [0.2, 0.25) is 15.9 Å². The van der Waals surface area contributed by atoms with Crippen molar-refractivity contribution in [1.82, 2.24) is 9.21 Å². The smallest absolute Gasteiger partial charge is 0.248 e. The van der Waals surface area contributed by atoms with Crippen molar-refractivity contribution < 1.29 is 17.9 Å². The Hall–Kier alpha value is -2.68. The Kier molecular flexibility index (Phi) is 6.68. The second-order valence-electron chi connectivity index (χ2n) is 6.83. The predicted octanol–water partition coefficient (Wildman–Crippen LogP) is 2.28. The van der Waals surface area contributed by atoms with Gasteiger partial charge in [-0.3, -0.25) is 4.79 Å². The number of sulfonamides is 1. The highest BCUT2D eigenvalue weighted by Gasteiger charge is 2.27. The third-order valence-corrected chi connectivity index (χ3v) is 6.68. The normalized spacial score (nSPS) is 16.1. The fourth-order valence-corrected chi connectivity index (χ4v) is 4.38. The monoisotopic (exact) mass is 415 g/mol. The van der Waals surface area contributed by atoms with Crippen LogP contribution >= 0.6 is 0 Å². The number of carbonyl (C=O) groups is 1. The molecule has 0 saturated carbocycles. The first-order valence-corrected chi connectivity index (χ1v) is 10.7. The van der Waals surface area contributed by atoms with E-state index in [1.54, 1.807) is 25.3 Å². The van der Waals surface area contributed by atoms with Gasteiger partial charge in [0, 0.05) is 37.9 Å². The maximum absolute atomic E-state index is 12.7. The molecule has 0 aliphatic carbocycles. The van der Waals surface area contributed by atoms with E-state index in [2.05, 4.69) is 10.2 Å². The zero-order valence-electron chi connectivity index (χ0n) is 16.5. The molecule has 1 fully saturated rings. The maximum atomic E-state index is 12.7. The van der Waals surface area contributed by atoms with Gasteiger partial charge in [-0.15, -0.1) is 0 Å². The molecule has 0 aromatic heterocycles. The molecule has 0 atom stereocenters. The number of hydrogen-bond donors (Lipinski definition) is 1. The average Bonchev–Trinajstić information content (AvgIpc) is 2.73. The summed E-state index contributed by atoms with van der Waals surface area (Å²) in [7, 11) is 0.0609. The summed E-state index contributed by atoms with van der Waals surface area (Å²) in [6.45, 7) is 2.39. The Morgan fingerprint density at radius 1 is 1.00 bits per heavy atom. The minimum absolute atomic E-state index is 0.230. The largest absolute Gasteiger partial charge is 0.497 e. The lowest BCUT2D eigenvalue weighted by atomic mass is 10.2. The number of nitrogens with one attached hydrogen (secondary N) is 1. The van der Waals surface area contributed by atoms with E-state index in [-0.39, 0.29) is 10.8 Å². The fourth-order valence-electron chi connectivity index (χ4n) is 2.96. The predicted molar refractivity (Wildman–Crippen MR) is 113 cm³/mol. The number of carbonyl (C=O) groups excluding carboxylic acids is 1. The van der Waals surface area contributed by atoms with Crippen LogP contribution in [0.2, 0.25) is 0 Å². The van der Waals surface area contributed by atoms with Crippen molar-refractivity contribution in [2.45, 2.75) is 4.90 Å². The molecule has 1 amide bonds. The molecule has 1 aliphatic heterocycles. The number of nitrogens with zero attached hydrogens (tertiary/aromatic N) is 2. The van der Waals surface area contributed by atoms with Crippen molar-refractivity contribution in [3.8, 4) is 5.75 Å². The van der Waals surface area contributed by atoms with Crippen LogP contribution in [0.4, 0.5) is 5.69 Å². The van der Waals surface area contributed by atoms with Crippen molar-refractivity contribution >= 4 is 27.7 Å². The molecule has 0 radical (unpaired) electrons. The summed E-state index contributed by atoms with van der Waals surface area (Å²) in [5.41, 5.74) is 1.40. The summed E-state index contributed by atoms with van der Waals surface area (Å²) >= 11 is 0. The highest BCUT2D eigenvalue weighted by atomic mass is 32.2. The number of hydrogen-bond acceptors (Lipinski definition) is 5. The van der Waals surface area contributed by atoms with E-state index in [1.807, 2.05) is 31.3 Å². The molecule has 2 aromatic rings. The van der Waals surface area contributed by atoms with Gasteiger partial charge in [-0.25, -0.2) is 8.42 Å². The molecule has 8 heteroatoms. The SMILES string of the molecule is COc1ccc(/C=C/C(=O)Nc2ccc(S(=O)(=O)N3CCN(C)CC3)cc2)cc1. The number of piperazine rings is 1. The van der Waals surface area contributed by atoms with Crippen molar-refractivity contribution in [1.29, 1.82) is 0 Å². The molecule has 1 heterocycles. The van der Waals surface area contributed by atoms with Crippen molar-refractivity contribution in [3.63, 3.8) is 0 Å². The minimum Gasteiger partial charge on any atom is -0.497 e. The van der Waals surface area contributed by atoms with Gasteiger partial charge in [-0.05, 0) is 55.1 Å². The molecule has 0 spiro atoms. The van der Waals surface area contributed by atoms with Crippen molar-refractivity contribution in [2.24, 2.45) is 0 Å². The summed E-state index contributed by atoms with van der Waals surface area (Å²) in [5, 5.41) is 2.73. The third-order valence-electron chi connectivity index (χ3n) is 4.76. The van der Waals surface area contributed by atoms with Crippen LogP contribution in [0, 0.1) is 0 Å². The first-order valence-electron chi connectivity index (χ1n) is 9.30. The van der Waals surface area contributed by atoms with Crippen LogP contribution in [0.5, 0.6) is 5.75 Å². The average molecular weight is 416 g/mol. The molecule has 0 bridgehead atoms. The highest BCUT2D eigenvalue weighted by molar-refractivity contribution is 7.89. The summed E-state index contributed by atoms with van der Waals surface area (Å²) in [6, 6.07) is 13.6. The molecular weight excluding hydrogens is 390 g/mol. The number of likely N-dealkylation sites (N-methyl/N-ethyl adjacent to an activating group) is 1. The molecular formula is C21H25N3O4S. The second kappa shape index (κ2) is 9.21. The van der Waals surface area contributed by atoms with Crippen LogP contribution in [0.25, 0.3) is 6.08 Å². The summed E-state index contributed by atoms with van der Waals surface area (Å²) < 4.78 is 32.1. The molecule has 7 nitrogen and oxygen atoms in total. The van der Waals surface area contributed by atoms with E-state index in [9.17, 15) is 13.2 Å². The van der Waals surface area contributed by atoms with Gasteiger partial charge >= 0.3 is 0 Å². The molecule has 0 unspecified atom stereocenters. The molecule has 2 aromatic carbocycles. The van der Waals surface area contributed by atoms with E-state index >= 15 is 0 Å². The Morgan fingerprint density at radius 2 is 1.62 bits per heavy atom. The highest BCUT2D eigenvalue weighted by Crippen LogP contribution is 2.20. The lowest BCUT2D eigenvalue weighted by Gasteiger charge is -2.31. The third kappa shape index (κ3) is 5.44. The van der Waals surface area contributed by atoms with Gasteiger partial charge in [0.25, 0.3) is 0 Å². The maximum Gasteiger partial charge on any atom is 0.248 e. The number of methoxy groups -OCH3 is 1. The van der Waals surface area contributed by atoms with Gasteiger partial charge < -0.3 is 15.0 Å². The molecule has 3 rings (SSSR count). The van der Waals surface area contributed by atoms with Gasteiger partial charge in [0.05, 0.1) is 12.0 Å². The molecule has 1 N–H and O–H groups in total. The fraction of sp³-hybridized carbons (Fsp3) is 0.286. The van der Waals surface area contributed by atoms with Crippen LogP contribution in [-0.2, 0) is 14.8 Å².